The highest BCUT2D eigenvalue weighted by atomic mass is 19.2. The monoisotopic (exact) mass is 396 g/mol. The van der Waals surface area contributed by atoms with E-state index in [1.807, 2.05) is 12.1 Å². The number of aryl methyl sites for hydroxylation is 1. The van der Waals surface area contributed by atoms with E-state index in [9.17, 15) is 13.2 Å². The molecule has 0 saturated carbocycles. The molecular formula is C25H23F3O. The van der Waals surface area contributed by atoms with E-state index in [1.165, 1.54) is 12.1 Å². The second-order valence-corrected chi connectivity index (χ2v) is 7.88. The summed E-state index contributed by atoms with van der Waals surface area (Å²) >= 11 is 0. The molecule has 3 aromatic rings. The Kier molecular flexibility index (Phi) is 5.46. The van der Waals surface area contributed by atoms with E-state index >= 15 is 0 Å². The molecule has 0 aliphatic carbocycles. The lowest BCUT2D eigenvalue weighted by Gasteiger charge is -2.27. The predicted molar refractivity (Wildman–Crippen MR) is 109 cm³/mol. The Hall–Kier alpha value is -2.59. The second-order valence-electron chi connectivity index (χ2n) is 7.88. The SMILES string of the molecule is Cc1ccc(-c2ccc(-c3ccc(C4CCC(C)CO4)cc3)c(F)c2F)cc1F. The first-order valence-electron chi connectivity index (χ1n) is 9.90. The first-order chi connectivity index (χ1) is 13.9. The Bertz CT molecular complexity index is 1020. The van der Waals surface area contributed by atoms with Crippen LogP contribution < -0.4 is 0 Å². The summed E-state index contributed by atoms with van der Waals surface area (Å²) in [5.41, 5.74) is 2.65. The smallest absolute Gasteiger partial charge is 0.167 e. The normalized spacial score (nSPS) is 19.3. The maximum Gasteiger partial charge on any atom is 0.167 e. The average molecular weight is 396 g/mol. The Morgan fingerprint density at radius 2 is 1.41 bits per heavy atom. The summed E-state index contributed by atoms with van der Waals surface area (Å²) in [6.45, 7) is 4.54. The lowest BCUT2D eigenvalue weighted by molar-refractivity contribution is -0.0123. The van der Waals surface area contributed by atoms with Gasteiger partial charge >= 0.3 is 0 Å². The first kappa shape index (κ1) is 19.7. The highest BCUT2D eigenvalue weighted by molar-refractivity contribution is 5.72. The standard InChI is InChI=1S/C25H23F3O/c1-15-3-12-23(29-14-15)18-8-6-17(7-9-18)20-10-11-21(25(28)24(20)27)19-5-4-16(2)22(26)13-19/h4-11,13,15,23H,3,12,14H2,1-2H3. The minimum Gasteiger partial charge on any atom is -0.373 e. The molecular weight excluding hydrogens is 373 g/mol. The van der Waals surface area contributed by atoms with Gasteiger partial charge in [-0.15, -0.1) is 0 Å². The number of halogens is 3. The summed E-state index contributed by atoms with van der Waals surface area (Å²) in [5, 5.41) is 0. The molecule has 4 rings (SSSR count). The third-order valence-corrected chi connectivity index (χ3v) is 5.66. The third-order valence-electron chi connectivity index (χ3n) is 5.66. The lowest BCUT2D eigenvalue weighted by atomic mass is 9.94. The molecule has 0 amide bonds. The van der Waals surface area contributed by atoms with Gasteiger partial charge in [-0.3, -0.25) is 0 Å². The number of rotatable bonds is 3. The van der Waals surface area contributed by atoms with Gasteiger partial charge in [0.05, 0.1) is 6.10 Å². The van der Waals surface area contributed by atoms with E-state index < -0.39 is 17.5 Å². The van der Waals surface area contributed by atoms with Crippen molar-refractivity contribution in [1.29, 1.82) is 0 Å². The molecule has 1 heterocycles. The fourth-order valence-electron chi connectivity index (χ4n) is 3.78. The molecule has 1 fully saturated rings. The largest absolute Gasteiger partial charge is 0.373 e. The molecule has 1 aliphatic heterocycles. The maximum atomic E-state index is 14.8. The van der Waals surface area contributed by atoms with Crippen LogP contribution in [-0.4, -0.2) is 6.61 Å². The minimum absolute atomic E-state index is 0.0477. The van der Waals surface area contributed by atoms with Crippen LogP contribution in [0.4, 0.5) is 13.2 Å². The zero-order chi connectivity index (χ0) is 20.5. The van der Waals surface area contributed by atoms with Crippen molar-refractivity contribution in [3.8, 4) is 22.3 Å². The van der Waals surface area contributed by atoms with Gasteiger partial charge in [0.15, 0.2) is 11.6 Å². The summed E-state index contributed by atoms with van der Waals surface area (Å²) in [7, 11) is 0. The van der Waals surface area contributed by atoms with Crippen LogP contribution in [-0.2, 0) is 4.74 Å². The van der Waals surface area contributed by atoms with Crippen molar-refractivity contribution in [2.45, 2.75) is 32.8 Å². The van der Waals surface area contributed by atoms with Crippen LogP contribution in [0.1, 0.15) is 37.0 Å². The van der Waals surface area contributed by atoms with Gasteiger partial charge in [0.25, 0.3) is 0 Å². The highest BCUT2D eigenvalue weighted by Gasteiger charge is 2.21. The molecule has 0 radical (unpaired) electrons. The molecule has 4 heteroatoms. The molecule has 0 spiro atoms. The van der Waals surface area contributed by atoms with Crippen LogP contribution >= 0.6 is 0 Å². The Balaban J connectivity index is 1.62. The molecule has 1 aliphatic rings. The van der Waals surface area contributed by atoms with Crippen molar-refractivity contribution >= 4 is 0 Å². The first-order valence-corrected chi connectivity index (χ1v) is 9.90. The molecule has 0 bridgehead atoms. The van der Waals surface area contributed by atoms with Crippen molar-refractivity contribution in [1.82, 2.24) is 0 Å². The van der Waals surface area contributed by atoms with E-state index in [1.54, 1.807) is 37.3 Å². The minimum atomic E-state index is -0.973. The van der Waals surface area contributed by atoms with Gasteiger partial charge in [0.2, 0.25) is 0 Å². The zero-order valence-corrected chi connectivity index (χ0v) is 16.5. The van der Waals surface area contributed by atoms with Crippen molar-refractivity contribution in [2.24, 2.45) is 5.92 Å². The molecule has 29 heavy (non-hydrogen) atoms. The average Bonchev–Trinajstić information content (AvgIpc) is 2.73. The lowest BCUT2D eigenvalue weighted by Crippen LogP contribution is -2.18. The van der Waals surface area contributed by atoms with Crippen molar-refractivity contribution in [2.75, 3.05) is 6.61 Å². The Labute approximate surface area is 169 Å². The fraction of sp³-hybridized carbons (Fsp3) is 0.280. The number of hydrogen-bond acceptors (Lipinski definition) is 1. The molecule has 2 atom stereocenters. The molecule has 1 nitrogen and oxygen atoms in total. The maximum absolute atomic E-state index is 14.8. The summed E-state index contributed by atoms with van der Waals surface area (Å²) in [4.78, 5) is 0. The number of hydrogen-bond donors (Lipinski definition) is 0. The van der Waals surface area contributed by atoms with Crippen LogP contribution in [0.2, 0.25) is 0 Å². The van der Waals surface area contributed by atoms with Crippen molar-refractivity contribution in [3.05, 3.63) is 83.2 Å². The predicted octanol–water partition coefficient (Wildman–Crippen LogP) is 7.23. The van der Waals surface area contributed by atoms with Gasteiger partial charge in [-0.05, 0) is 54.0 Å². The number of benzene rings is 3. The van der Waals surface area contributed by atoms with Crippen LogP contribution in [0.3, 0.4) is 0 Å². The summed E-state index contributed by atoms with van der Waals surface area (Å²) in [6, 6.07) is 14.8. The Morgan fingerprint density at radius 1 is 0.793 bits per heavy atom. The third kappa shape index (κ3) is 3.95. The molecule has 2 unspecified atom stereocenters. The molecule has 3 aromatic carbocycles. The Morgan fingerprint density at radius 3 is 2.00 bits per heavy atom. The van der Waals surface area contributed by atoms with Crippen LogP contribution in [0.25, 0.3) is 22.3 Å². The molecule has 1 saturated heterocycles. The van der Waals surface area contributed by atoms with Crippen molar-refractivity contribution < 1.29 is 17.9 Å². The van der Waals surface area contributed by atoms with Crippen LogP contribution in [0.15, 0.2) is 54.6 Å². The quantitative estimate of drug-likeness (QED) is 0.454. The van der Waals surface area contributed by atoms with E-state index in [0.717, 1.165) is 25.0 Å². The summed E-state index contributed by atoms with van der Waals surface area (Å²) in [5.74, 6) is -1.78. The van der Waals surface area contributed by atoms with E-state index in [0.29, 0.717) is 22.6 Å². The molecule has 0 N–H and O–H groups in total. The highest BCUT2D eigenvalue weighted by Crippen LogP contribution is 2.34. The van der Waals surface area contributed by atoms with E-state index in [-0.39, 0.29) is 17.2 Å². The van der Waals surface area contributed by atoms with Gasteiger partial charge in [-0.1, -0.05) is 55.5 Å². The van der Waals surface area contributed by atoms with Gasteiger partial charge < -0.3 is 4.74 Å². The van der Waals surface area contributed by atoms with Gasteiger partial charge in [-0.25, -0.2) is 13.2 Å². The topological polar surface area (TPSA) is 9.23 Å². The van der Waals surface area contributed by atoms with Gasteiger partial charge in [0.1, 0.15) is 5.82 Å². The van der Waals surface area contributed by atoms with Gasteiger partial charge in [0, 0.05) is 17.7 Å². The molecule has 150 valence electrons. The summed E-state index contributed by atoms with van der Waals surface area (Å²) in [6.07, 6.45) is 2.14. The van der Waals surface area contributed by atoms with Crippen LogP contribution in [0, 0.1) is 30.3 Å². The van der Waals surface area contributed by atoms with E-state index in [4.69, 9.17) is 4.74 Å². The second kappa shape index (κ2) is 8.03. The van der Waals surface area contributed by atoms with Crippen molar-refractivity contribution in [3.63, 3.8) is 0 Å². The zero-order valence-electron chi connectivity index (χ0n) is 16.5. The van der Waals surface area contributed by atoms with Crippen LogP contribution in [0.5, 0.6) is 0 Å². The van der Waals surface area contributed by atoms with E-state index in [2.05, 4.69) is 6.92 Å². The van der Waals surface area contributed by atoms with Gasteiger partial charge in [-0.2, -0.15) is 0 Å². The summed E-state index contributed by atoms with van der Waals surface area (Å²) < 4.78 is 49.3. The molecule has 0 aromatic heterocycles. The fourth-order valence-corrected chi connectivity index (χ4v) is 3.78. The number of ether oxygens (including phenoxy) is 1.